The lowest BCUT2D eigenvalue weighted by molar-refractivity contribution is 0.108. The summed E-state index contributed by atoms with van der Waals surface area (Å²) in [6.45, 7) is 5.92. The van der Waals surface area contributed by atoms with Crippen LogP contribution in [0.1, 0.15) is 42.9 Å². The van der Waals surface area contributed by atoms with Gasteiger partial charge in [-0.25, -0.2) is 13.1 Å². The van der Waals surface area contributed by atoms with Crippen LogP contribution in [-0.2, 0) is 10.0 Å². The molecule has 0 atom stereocenters. The lowest BCUT2D eigenvalue weighted by atomic mass is 9.96. The van der Waals surface area contributed by atoms with Crippen molar-refractivity contribution < 1.29 is 8.42 Å². The van der Waals surface area contributed by atoms with Gasteiger partial charge in [0.1, 0.15) is 0 Å². The summed E-state index contributed by atoms with van der Waals surface area (Å²) in [5.41, 5.74) is 2.71. The summed E-state index contributed by atoms with van der Waals surface area (Å²) < 4.78 is 27.2. The number of nitrogens with zero attached hydrogens (tertiary/aromatic N) is 2. The standard InChI is InChI=1S/C29H37N3O2S/c33-35(34,28-18-10-5-11-19-28)30-20-12-1-2-13-21-31-22-24-32(25-23-31)29(26-14-6-3-7-15-26)27-16-8-4-9-17-27/h3-11,14-19,29-30H,1-2,12-13,20-25H2. The Morgan fingerprint density at radius 3 is 1.74 bits per heavy atom. The quantitative estimate of drug-likeness (QED) is 0.365. The molecule has 0 aliphatic carbocycles. The van der Waals surface area contributed by atoms with Crippen LogP contribution in [-0.4, -0.2) is 57.5 Å². The van der Waals surface area contributed by atoms with Gasteiger partial charge in [-0.2, -0.15) is 0 Å². The fourth-order valence-corrected chi connectivity index (χ4v) is 5.93. The van der Waals surface area contributed by atoms with Crippen molar-refractivity contribution in [3.05, 3.63) is 102 Å². The van der Waals surface area contributed by atoms with Gasteiger partial charge in [0, 0.05) is 32.7 Å². The molecule has 186 valence electrons. The molecule has 6 heteroatoms. The van der Waals surface area contributed by atoms with Gasteiger partial charge in [-0.1, -0.05) is 91.7 Å². The van der Waals surface area contributed by atoms with E-state index in [2.05, 4.69) is 75.2 Å². The Kier molecular flexibility index (Phi) is 9.49. The number of rotatable bonds is 12. The summed E-state index contributed by atoms with van der Waals surface area (Å²) in [6, 6.07) is 30.5. The highest BCUT2D eigenvalue weighted by Gasteiger charge is 2.26. The molecule has 1 fully saturated rings. The largest absolute Gasteiger partial charge is 0.301 e. The normalized spacial score (nSPS) is 15.5. The van der Waals surface area contributed by atoms with Crippen LogP contribution in [0.25, 0.3) is 0 Å². The van der Waals surface area contributed by atoms with E-state index >= 15 is 0 Å². The van der Waals surface area contributed by atoms with Crippen molar-refractivity contribution in [2.24, 2.45) is 0 Å². The predicted molar refractivity (Wildman–Crippen MR) is 143 cm³/mol. The van der Waals surface area contributed by atoms with Gasteiger partial charge in [0.2, 0.25) is 10.0 Å². The molecule has 0 aromatic heterocycles. The molecule has 3 aromatic carbocycles. The minimum absolute atomic E-state index is 0.305. The molecule has 0 saturated carbocycles. The number of benzene rings is 3. The fraction of sp³-hybridized carbons (Fsp3) is 0.379. The third-order valence-electron chi connectivity index (χ3n) is 6.75. The van der Waals surface area contributed by atoms with Crippen LogP contribution in [0, 0.1) is 0 Å². The molecule has 3 aromatic rings. The summed E-state index contributed by atoms with van der Waals surface area (Å²) in [4.78, 5) is 5.52. The second kappa shape index (κ2) is 13.0. The smallest absolute Gasteiger partial charge is 0.240 e. The minimum atomic E-state index is -3.39. The second-order valence-electron chi connectivity index (χ2n) is 9.23. The summed E-state index contributed by atoms with van der Waals surface area (Å²) in [5, 5.41) is 0. The van der Waals surface area contributed by atoms with Gasteiger partial charge >= 0.3 is 0 Å². The van der Waals surface area contributed by atoms with Gasteiger partial charge < -0.3 is 4.90 Å². The van der Waals surface area contributed by atoms with E-state index in [1.807, 2.05) is 6.07 Å². The first-order valence-electron chi connectivity index (χ1n) is 12.7. The summed E-state index contributed by atoms with van der Waals surface area (Å²) >= 11 is 0. The molecule has 1 aliphatic rings. The zero-order valence-electron chi connectivity index (χ0n) is 20.4. The Hall–Kier alpha value is -2.51. The lowest BCUT2D eigenvalue weighted by Gasteiger charge is -2.39. The average Bonchev–Trinajstić information content (AvgIpc) is 2.91. The molecule has 0 radical (unpaired) electrons. The Bertz CT molecular complexity index is 1060. The number of sulfonamides is 1. The van der Waals surface area contributed by atoms with E-state index in [0.29, 0.717) is 17.5 Å². The minimum Gasteiger partial charge on any atom is -0.301 e. The van der Waals surface area contributed by atoms with E-state index in [0.717, 1.165) is 58.4 Å². The molecule has 1 saturated heterocycles. The number of nitrogens with one attached hydrogen (secondary N) is 1. The fourth-order valence-electron chi connectivity index (χ4n) is 4.83. The Morgan fingerprint density at radius 1 is 0.657 bits per heavy atom. The molecule has 5 nitrogen and oxygen atoms in total. The molecule has 0 amide bonds. The van der Waals surface area contributed by atoms with Crippen molar-refractivity contribution in [1.29, 1.82) is 0 Å². The van der Waals surface area contributed by atoms with E-state index in [4.69, 9.17) is 0 Å². The predicted octanol–water partition coefficient (Wildman–Crippen LogP) is 4.93. The first kappa shape index (κ1) is 25.6. The van der Waals surface area contributed by atoms with Crippen LogP contribution < -0.4 is 4.72 Å². The van der Waals surface area contributed by atoms with E-state index < -0.39 is 10.0 Å². The van der Waals surface area contributed by atoms with Gasteiger partial charge in [-0.15, -0.1) is 0 Å². The molecule has 1 aliphatic heterocycles. The topological polar surface area (TPSA) is 52.7 Å². The van der Waals surface area contributed by atoms with Crippen molar-refractivity contribution in [1.82, 2.24) is 14.5 Å². The Morgan fingerprint density at radius 2 is 1.17 bits per heavy atom. The van der Waals surface area contributed by atoms with Crippen LogP contribution >= 0.6 is 0 Å². The van der Waals surface area contributed by atoms with Crippen LogP contribution in [0.5, 0.6) is 0 Å². The van der Waals surface area contributed by atoms with Crippen molar-refractivity contribution in [3.63, 3.8) is 0 Å². The van der Waals surface area contributed by atoms with E-state index in [1.165, 1.54) is 11.1 Å². The Balaban J connectivity index is 1.16. The van der Waals surface area contributed by atoms with Crippen LogP contribution in [0.4, 0.5) is 0 Å². The first-order valence-corrected chi connectivity index (χ1v) is 14.2. The second-order valence-corrected chi connectivity index (χ2v) is 11.0. The molecule has 35 heavy (non-hydrogen) atoms. The van der Waals surface area contributed by atoms with E-state index in [-0.39, 0.29) is 0 Å². The highest BCUT2D eigenvalue weighted by Crippen LogP contribution is 2.29. The highest BCUT2D eigenvalue weighted by molar-refractivity contribution is 7.89. The molecular formula is C29H37N3O2S. The molecule has 4 rings (SSSR count). The van der Waals surface area contributed by atoms with Gasteiger partial charge in [-0.05, 0) is 42.6 Å². The van der Waals surface area contributed by atoms with E-state index in [9.17, 15) is 8.42 Å². The van der Waals surface area contributed by atoms with Gasteiger partial charge in [0.05, 0.1) is 10.9 Å². The average molecular weight is 492 g/mol. The maximum atomic E-state index is 12.3. The number of hydrogen-bond donors (Lipinski definition) is 1. The molecule has 1 heterocycles. The summed E-state index contributed by atoms with van der Waals surface area (Å²) in [5.74, 6) is 0. The lowest BCUT2D eigenvalue weighted by Crippen LogP contribution is -2.48. The van der Waals surface area contributed by atoms with Crippen LogP contribution in [0.15, 0.2) is 95.9 Å². The number of unbranched alkanes of at least 4 members (excludes halogenated alkanes) is 3. The van der Waals surface area contributed by atoms with E-state index in [1.54, 1.807) is 24.3 Å². The van der Waals surface area contributed by atoms with Crippen LogP contribution in [0.2, 0.25) is 0 Å². The van der Waals surface area contributed by atoms with Crippen molar-refractivity contribution >= 4 is 10.0 Å². The van der Waals surface area contributed by atoms with Crippen LogP contribution in [0.3, 0.4) is 0 Å². The monoisotopic (exact) mass is 491 g/mol. The van der Waals surface area contributed by atoms with Crippen molar-refractivity contribution in [2.75, 3.05) is 39.3 Å². The Labute approximate surface area is 210 Å². The zero-order chi connectivity index (χ0) is 24.3. The zero-order valence-corrected chi connectivity index (χ0v) is 21.2. The van der Waals surface area contributed by atoms with Gasteiger partial charge in [-0.3, -0.25) is 4.90 Å². The third-order valence-corrected chi connectivity index (χ3v) is 8.23. The maximum Gasteiger partial charge on any atom is 0.240 e. The molecule has 1 N–H and O–H groups in total. The molecule has 0 spiro atoms. The molecular weight excluding hydrogens is 454 g/mol. The first-order chi connectivity index (χ1) is 17.1. The van der Waals surface area contributed by atoms with Crippen molar-refractivity contribution in [3.8, 4) is 0 Å². The number of piperazine rings is 1. The summed E-state index contributed by atoms with van der Waals surface area (Å²) in [6.07, 6.45) is 4.20. The van der Waals surface area contributed by atoms with Gasteiger partial charge in [0.25, 0.3) is 0 Å². The third kappa shape index (κ3) is 7.48. The van der Waals surface area contributed by atoms with Crippen molar-refractivity contribution in [2.45, 2.75) is 36.6 Å². The molecule has 0 unspecified atom stereocenters. The van der Waals surface area contributed by atoms with Gasteiger partial charge in [0.15, 0.2) is 0 Å². The highest BCUT2D eigenvalue weighted by atomic mass is 32.2. The SMILES string of the molecule is O=S(=O)(NCCCCCCN1CCN(C(c2ccccc2)c2ccccc2)CC1)c1ccccc1. The summed E-state index contributed by atoms with van der Waals surface area (Å²) in [7, 11) is -3.39. The molecule has 0 bridgehead atoms. The maximum absolute atomic E-state index is 12.3. The number of hydrogen-bond acceptors (Lipinski definition) is 4.